The zero-order valence-electron chi connectivity index (χ0n) is 7.16. The van der Waals surface area contributed by atoms with Gasteiger partial charge in [0.2, 0.25) is 0 Å². The zero-order valence-corrected chi connectivity index (χ0v) is 7.16. The Labute approximate surface area is 72.8 Å². The molecule has 0 saturated heterocycles. The van der Waals surface area contributed by atoms with Crippen molar-refractivity contribution >= 4 is 0 Å². The third-order valence-electron chi connectivity index (χ3n) is 1.50. The van der Waals surface area contributed by atoms with Gasteiger partial charge in [0.1, 0.15) is 0 Å². The number of hydroxylamine groups is 1. The van der Waals surface area contributed by atoms with Gasteiger partial charge in [-0.05, 0) is 12.0 Å². The lowest BCUT2D eigenvalue weighted by molar-refractivity contribution is 0.128. The first kappa shape index (κ1) is 8.81. The Morgan fingerprint density at radius 1 is 1.33 bits per heavy atom. The second-order valence-electron chi connectivity index (χ2n) is 2.41. The molecule has 0 aliphatic rings. The highest BCUT2D eigenvalue weighted by Gasteiger charge is 1.84. The fraction of sp³-hybridized carbons (Fsp3) is 0.200. The summed E-state index contributed by atoms with van der Waals surface area (Å²) in [6, 6.07) is 10.3. The van der Waals surface area contributed by atoms with Crippen molar-refractivity contribution in [2.75, 3.05) is 7.11 Å². The maximum absolute atomic E-state index is 4.64. The van der Waals surface area contributed by atoms with Crippen molar-refractivity contribution in [3.63, 3.8) is 0 Å². The van der Waals surface area contributed by atoms with E-state index in [4.69, 9.17) is 0 Å². The van der Waals surface area contributed by atoms with E-state index in [1.807, 2.05) is 24.3 Å². The van der Waals surface area contributed by atoms with Crippen LogP contribution in [0.1, 0.15) is 5.56 Å². The van der Waals surface area contributed by atoms with Crippen molar-refractivity contribution in [2.45, 2.75) is 6.42 Å². The molecule has 2 heteroatoms. The van der Waals surface area contributed by atoms with Gasteiger partial charge in [-0.1, -0.05) is 36.4 Å². The molecule has 1 aromatic rings. The summed E-state index contributed by atoms with van der Waals surface area (Å²) < 4.78 is 0. The molecule has 0 amide bonds. The minimum absolute atomic E-state index is 0.928. The van der Waals surface area contributed by atoms with Gasteiger partial charge in [-0.3, -0.25) is 10.3 Å². The Balaban J connectivity index is 2.33. The molecule has 1 rings (SSSR count). The number of benzene rings is 1. The topological polar surface area (TPSA) is 21.3 Å². The van der Waals surface area contributed by atoms with Crippen molar-refractivity contribution in [2.24, 2.45) is 0 Å². The molecule has 64 valence electrons. The molecule has 0 bridgehead atoms. The maximum Gasteiger partial charge on any atom is 0.0636 e. The molecule has 1 aromatic carbocycles. The van der Waals surface area contributed by atoms with Crippen LogP contribution in [0.15, 0.2) is 42.6 Å². The van der Waals surface area contributed by atoms with Gasteiger partial charge in [0.15, 0.2) is 0 Å². The van der Waals surface area contributed by atoms with Gasteiger partial charge in [-0.25, -0.2) is 0 Å². The van der Waals surface area contributed by atoms with Crippen LogP contribution in [0.3, 0.4) is 0 Å². The normalized spacial score (nSPS) is 10.4. The first-order valence-electron chi connectivity index (χ1n) is 3.91. The van der Waals surface area contributed by atoms with Crippen LogP contribution in [-0.4, -0.2) is 7.11 Å². The molecule has 2 nitrogen and oxygen atoms in total. The Morgan fingerprint density at radius 3 is 2.75 bits per heavy atom. The van der Waals surface area contributed by atoms with Crippen LogP contribution in [0, 0.1) is 0 Å². The van der Waals surface area contributed by atoms with Gasteiger partial charge >= 0.3 is 0 Å². The van der Waals surface area contributed by atoms with Crippen molar-refractivity contribution in [1.29, 1.82) is 0 Å². The molecule has 0 unspecified atom stereocenters. The molecular formula is C10H13NO. The fourth-order valence-electron chi connectivity index (χ4n) is 0.925. The summed E-state index contributed by atoms with van der Waals surface area (Å²) >= 11 is 0. The third kappa shape index (κ3) is 3.21. The van der Waals surface area contributed by atoms with Crippen LogP contribution < -0.4 is 5.48 Å². The standard InChI is InChI=1S/C10H13NO/c1-12-11-9-5-8-10-6-3-2-4-7-10/h2-7,9,11H,8H2,1H3. The molecule has 0 saturated carbocycles. The SMILES string of the molecule is CONC=CCc1ccccc1. The molecule has 0 atom stereocenters. The molecule has 1 N–H and O–H groups in total. The number of hydrogen-bond donors (Lipinski definition) is 1. The number of hydrogen-bond acceptors (Lipinski definition) is 2. The molecule has 0 radical (unpaired) electrons. The second-order valence-corrected chi connectivity index (χ2v) is 2.41. The first-order chi connectivity index (χ1) is 5.93. The highest BCUT2D eigenvalue weighted by atomic mass is 16.6. The van der Waals surface area contributed by atoms with Gasteiger partial charge < -0.3 is 0 Å². The van der Waals surface area contributed by atoms with Gasteiger partial charge in [-0.15, -0.1) is 0 Å². The van der Waals surface area contributed by atoms with E-state index in [0.29, 0.717) is 0 Å². The average molecular weight is 163 g/mol. The smallest absolute Gasteiger partial charge is 0.0636 e. The van der Waals surface area contributed by atoms with Crippen LogP contribution in [0.4, 0.5) is 0 Å². The van der Waals surface area contributed by atoms with Crippen LogP contribution in [0.5, 0.6) is 0 Å². The summed E-state index contributed by atoms with van der Waals surface area (Å²) in [5.41, 5.74) is 3.94. The predicted molar refractivity (Wildman–Crippen MR) is 49.4 cm³/mol. The average Bonchev–Trinajstić information content (AvgIpc) is 2.14. The summed E-state index contributed by atoms with van der Waals surface area (Å²) in [5, 5.41) is 0. The lowest BCUT2D eigenvalue weighted by Gasteiger charge is -1.95. The van der Waals surface area contributed by atoms with E-state index in [2.05, 4.69) is 22.5 Å². The quantitative estimate of drug-likeness (QED) is 0.684. The van der Waals surface area contributed by atoms with E-state index in [0.717, 1.165) is 6.42 Å². The van der Waals surface area contributed by atoms with Crippen LogP contribution >= 0.6 is 0 Å². The van der Waals surface area contributed by atoms with Gasteiger partial charge in [-0.2, -0.15) is 0 Å². The van der Waals surface area contributed by atoms with E-state index in [1.54, 1.807) is 13.3 Å². The molecule has 0 aliphatic carbocycles. The van der Waals surface area contributed by atoms with Crippen molar-refractivity contribution in [3.8, 4) is 0 Å². The monoisotopic (exact) mass is 163 g/mol. The lowest BCUT2D eigenvalue weighted by atomic mass is 10.1. The zero-order chi connectivity index (χ0) is 8.65. The van der Waals surface area contributed by atoms with Crippen LogP contribution in [0.25, 0.3) is 0 Å². The van der Waals surface area contributed by atoms with E-state index < -0.39 is 0 Å². The van der Waals surface area contributed by atoms with E-state index in [9.17, 15) is 0 Å². The molecule has 0 spiro atoms. The highest BCUT2D eigenvalue weighted by molar-refractivity contribution is 5.17. The molecule has 12 heavy (non-hydrogen) atoms. The van der Waals surface area contributed by atoms with E-state index in [1.165, 1.54) is 5.56 Å². The van der Waals surface area contributed by atoms with E-state index >= 15 is 0 Å². The minimum Gasteiger partial charge on any atom is -0.280 e. The summed E-state index contributed by atoms with van der Waals surface area (Å²) in [6.45, 7) is 0. The number of allylic oxidation sites excluding steroid dienone is 1. The second kappa shape index (κ2) is 5.38. The Morgan fingerprint density at radius 2 is 2.08 bits per heavy atom. The van der Waals surface area contributed by atoms with Crippen molar-refractivity contribution < 1.29 is 4.84 Å². The molecule has 0 aromatic heterocycles. The van der Waals surface area contributed by atoms with E-state index in [-0.39, 0.29) is 0 Å². The summed E-state index contributed by atoms with van der Waals surface area (Å²) in [4.78, 5) is 4.64. The first-order valence-corrected chi connectivity index (χ1v) is 3.91. The third-order valence-corrected chi connectivity index (χ3v) is 1.50. The Bertz CT molecular complexity index is 231. The van der Waals surface area contributed by atoms with Crippen molar-refractivity contribution in [3.05, 3.63) is 48.2 Å². The maximum atomic E-state index is 4.64. The fourth-order valence-corrected chi connectivity index (χ4v) is 0.925. The Hall–Kier alpha value is -1.28. The molecule has 0 heterocycles. The molecule has 0 fully saturated rings. The summed E-state index contributed by atoms with van der Waals surface area (Å²) in [7, 11) is 1.59. The largest absolute Gasteiger partial charge is 0.280 e. The lowest BCUT2D eigenvalue weighted by Crippen LogP contribution is -2.00. The van der Waals surface area contributed by atoms with Crippen molar-refractivity contribution in [1.82, 2.24) is 5.48 Å². The van der Waals surface area contributed by atoms with Gasteiger partial charge in [0.25, 0.3) is 0 Å². The Kier molecular flexibility index (Phi) is 3.95. The van der Waals surface area contributed by atoms with Crippen LogP contribution in [-0.2, 0) is 11.3 Å². The highest BCUT2D eigenvalue weighted by Crippen LogP contribution is 1.99. The number of rotatable bonds is 4. The predicted octanol–water partition coefficient (Wildman–Crippen LogP) is 1.89. The molecule has 0 aliphatic heterocycles. The minimum atomic E-state index is 0.928. The summed E-state index contributed by atoms with van der Waals surface area (Å²) in [6.07, 6.45) is 4.73. The number of nitrogens with one attached hydrogen (secondary N) is 1. The van der Waals surface area contributed by atoms with Crippen LogP contribution in [0.2, 0.25) is 0 Å². The molecular weight excluding hydrogens is 150 g/mol. The van der Waals surface area contributed by atoms with Gasteiger partial charge in [0.05, 0.1) is 7.11 Å². The summed E-state index contributed by atoms with van der Waals surface area (Å²) in [5.74, 6) is 0. The van der Waals surface area contributed by atoms with Gasteiger partial charge in [0, 0.05) is 6.20 Å².